The predicted molar refractivity (Wildman–Crippen MR) is 124 cm³/mol. The molecular formula is C21H37N5O13. The molecule has 3 aliphatic rings. The van der Waals surface area contributed by atoms with Crippen molar-refractivity contribution in [2.24, 2.45) is 17.2 Å². The van der Waals surface area contributed by atoms with E-state index < -0.39 is 111 Å². The van der Waals surface area contributed by atoms with Crippen LogP contribution in [0.2, 0.25) is 0 Å². The van der Waals surface area contributed by atoms with Gasteiger partial charge < -0.3 is 86.3 Å². The molecule has 0 saturated carbocycles. The van der Waals surface area contributed by atoms with E-state index in [1.165, 1.54) is 23.3 Å². The molecule has 0 aliphatic carbocycles. The molecule has 0 aromatic carbocycles. The van der Waals surface area contributed by atoms with Crippen LogP contribution in [0.1, 0.15) is 0 Å². The maximum absolute atomic E-state index is 11.0. The fraction of sp³-hybridized carbons (Fsp3) is 0.857. The number of ether oxygens (including phenoxy) is 5. The average molecular weight is 568 g/mol. The summed E-state index contributed by atoms with van der Waals surface area (Å²) in [7, 11) is 0. The summed E-state index contributed by atoms with van der Waals surface area (Å²) in [6.07, 6.45) is -12.5. The highest BCUT2D eigenvalue weighted by Crippen LogP contribution is 2.36. The van der Waals surface area contributed by atoms with Crippen LogP contribution < -0.4 is 17.2 Å². The Morgan fingerprint density at radius 1 is 0.795 bits per heavy atom. The van der Waals surface area contributed by atoms with Gasteiger partial charge in [0.2, 0.25) is 5.72 Å². The number of nitrogens with two attached hydrogens (primary N) is 3. The number of rotatable bonds is 8. The lowest BCUT2D eigenvalue weighted by atomic mass is 9.91. The van der Waals surface area contributed by atoms with Gasteiger partial charge in [0.05, 0.1) is 44.3 Å². The summed E-state index contributed by atoms with van der Waals surface area (Å²) in [6, 6.07) is -4.05. The zero-order chi connectivity index (χ0) is 28.6. The van der Waals surface area contributed by atoms with Crippen LogP contribution in [-0.4, -0.2) is 156 Å². The molecule has 39 heavy (non-hydrogen) atoms. The van der Waals surface area contributed by atoms with Crippen molar-refractivity contribution in [2.45, 2.75) is 91.6 Å². The average Bonchev–Trinajstić information content (AvgIpc) is 3.48. The smallest absolute Gasteiger partial charge is 0.200 e. The number of imidazole rings is 1. The third-order valence-corrected chi connectivity index (χ3v) is 7.39. The first kappa shape index (κ1) is 30.5. The fourth-order valence-electron chi connectivity index (χ4n) is 4.97. The van der Waals surface area contributed by atoms with Gasteiger partial charge in [0.15, 0.2) is 18.9 Å². The largest absolute Gasteiger partial charge is 0.394 e. The molecular weight excluding hydrogens is 530 g/mol. The number of aromatic nitrogens is 2. The SMILES string of the molecule is NC1C(O)O[C@H](CO)C(O[C@@H]2O[C@H](CO)C(O[C@@H]3O[C@](CO)(n4ccnc4)[C@@H](O)[C@H](O)[C@H]3N)[C@H](O)C2N)C1O. The third kappa shape index (κ3) is 5.45. The Morgan fingerprint density at radius 3 is 1.92 bits per heavy atom. The van der Waals surface area contributed by atoms with E-state index in [0.29, 0.717) is 0 Å². The molecule has 1 aromatic heterocycles. The molecule has 1 aromatic rings. The Bertz CT molecular complexity index is 915. The Labute approximate surface area is 222 Å². The minimum atomic E-state index is -1.96. The van der Waals surface area contributed by atoms with Crippen LogP contribution in [0.25, 0.3) is 0 Å². The molecule has 224 valence electrons. The highest BCUT2D eigenvalue weighted by Gasteiger charge is 2.57. The second-order valence-electron chi connectivity index (χ2n) is 9.78. The van der Waals surface area contributed by atoms with Gasteiger partial charge in [-0.25, -0.2) is 4.98 Å². The molecule has 0 radical (unpaired) electrons. The van der Waals surface area contributed by atoms with Crippen LogP contribution in [0.15, 0.2) is 18.7 Å². The van der Waals surface area contributed by atoms with Gasteiger partial charge in [-0.1, -0.05) is 0 Å². The predicted octanol–water partition coefficient (Wildman–Crippen LogP) is -7.49. The lowest BCUT2D eigenvalue weighted by Gasteiger charge is -2.51. The van der Waals surface area contributed by atoms with Crippen molar-refractivity contribution in [3.63, 3.8) is 0 Å². The molecule has 18 nitrogen and oxygen atoms in total. The van der Waals surface area contributed by atoms with Gasteiger partial charge >= 0.3 is 0 Å². The number of hydrogen-bond acceptors (Lipinski definition) is 17. The summed E-state index contributed by atoms with van der Waals surface area (Å²) in [5, 5.41) is 82.4. The van der Waals surface area contributed by atoms with Crippen molar-refractivity contribution in [1.29, 1.82) is 0 Å². The first-order chi connectivity index (χ1) is 18.5. The van der Waals surface area contributed by atoms with Crippen LogP contribution in [0, 0.1) is 0 Å². The zero-order valence-corrected chi connectivity index (χ0v) is 20.7. The van der Waals surface area contributed by atoms with Crippen molar-refractivity contribution >= 4 is 0 Å². The molecule has 3 saturated heterocycles. The maximum Gasteiger partial charge on any atom is 0.200 e. The number of hydrogen-bond donors (Lipinski definition) is 11. The summed E-state index contributed by atoms with van der Waals surface area (Å²) in [6.45, 7) is -2.23. The zero-order valence-electron chi connectivity index (χ0n) is 20.7. The van der Waals surface area contributed by atoms with E-state index in [1.807, 2.05) is 0 Å². The van der Waals surface area contributed by atoms with E-state index in [4.69, 9.17) is 40.9 Å². The molecule has 14 N–H and O–H groups in total. The molecule has 4 heterocycles. The lowest BCUT2D eigenvalue weighted by Crippen LogP contribution is -2.71. The number of aliphatic hydroxyl groups excluding tert-OH is 8. The van der Waals surface area contributed by atoms with Crippen molar-refractivity contribution in [3.8, 4) is 0 Å². The van der Waals surface area contributed by atoms with Crippen LogP contribution >= 0.6 is 0 Å². The van der Waals surface area contributed by atoms with Crippen molar-refractivity contribution < 1.29 is 64.5 Å². The van der Waals surface area contributed by atoms with E-state index in [1.54, 1.807) is 0 Å². The standard InChI is InChI=1S/C21H37N5O13/c22-9-12(30)15(7(3-27)35-18(9)34)37-19-10(23)13(31)16(8(4-28)36-19)38-20-11(24)14(32)17(33)21(5-29,39-20)26-2-1-25-6-26/h1-2,6-20,27-34H,3-5,22-24H2/t7-,8-,9?,10?,11-,12?,13-,14-,15?,16?,17+,18?,19+,20-,21+/m1/s1. The van der Waals surface area contributed by atoms with Gasteiger partial charge in [0.25, 0.3) is 0 Å². The van der Waals surface area contributed by atoms with Crippen LogP contribution in [0.5, 0.6) is 0 Å². The highest BCUT2D eigenvalue weighted by atomic mass is 16.7. The van der Waals surface area contributed by atoms with Gasteiger partial charge in [-0.15, -0.1) is 0 Å². The molecule has 3 aliphatic heterocycles. The van der Waals surface area contributed by atoms with Crippen molar-refractivity contribution in [1.82, 2.24) is 9.55 Å². The molecule has 3 fully saturated rings. The molecule has 0 bridgehead atoms. The van der Waals surface area contributed by atoms with E-state index in [9.17, 15) is 40.9 Å². The highest BCUT2D eigenvalue weighted by molar-refractivity contribution is 5.02. The van der Waals surface area contributed by atoms with Crippen LogP contribution in [0.4, 0.5) is 0 Å². The molecule has 4 rings (SSSR count). The van der Waals surface area contributed by atoms with E-state index >= 15 is 0 Å². The second kappa shape index (κ2) is 12.2. The van der Waals surface area contributed by atoms with Gasteiger partial charge in [0.1, 0.15) is 48.8 Å². The van der Waals surface area contributed by atoms with Crippen molar-refractivity contribution in [2.75, 3.05) is 19.8 Å². The third-order valence-electron chi connectivity index (χ3n) is 7.39. The quantitative estimate of drug-likeness (QED) is 0.139. The Hall–Kier alpha value is -1.43. The van der Waals surface area contributed by atoms with E-state index in [-0.39, 0.29) is 0 Å². The molecule has 15 atom stereocenters. The Balaban J connectivity index is 1.52. The molecule has 0 amide bonds. The Kier molecular flexibility index (Phi) is 9.55. The van der Waals surface area contributed by atoms with Gasteiger partial charge in [-0.05, 0) is 0 Å². The van der Waals surface area contributed by atoms with Crippen LogP contribution in [-0.2, 0) is 29.4 Å². The first-order valence-electron chi connectivity index (χ1n) is 12.3. The second-order valence-corrected chi connectivity index (χ2v) is 9.78. The Morgan fingerprint density at radius 2 is 1.36 bits per heavy atom. The minimum Gasteiger partial charge on any atom is -0.394 e. The topological polar surface area (TPSA) is 304 Å². The normalized spacial score (nSPS) is 49.2. The van der Waals surface area contributed by atoms with E-state index in [2.05, 4.69) is 4.98 Å². The summed E-state index contributed by atoms with van der Waals surface area (Å²) < 4.78 is 29.5. The summed E-state index contributed by atoms with van der Waals surface area (Å²) in [4.78, 5) is 3.86. The minimum absolute atomic E-state index is 0.667. The van der Waals surface area contributed by atoms with Gasteiger partial charge in [-0.3, -0.25) is 0 Å². The van der Waals surface area contributed by atoms with Gasteiger partial charge in [0, 0.05) is 12.4 Å². The first-order valence-corrected chi connectivity index (χ1v) is 12.3. The van der Waals surface area contributed by atoms with Gasteiger partial charge in [-0.2, -0.15) is 0 Å². The molecule has 0 spiro atoms. The monoisotopic (exact) mass is 567 g/mol. The number of aliphatic hydroxyl groups is 8. The maximum atomic E-state index is 11.0. The molecule has 6 unspecified atom stereocenters. The van der Waals surface area contributed by atoms with Crippen LogP contribution in [0.3, 0.4) is 0 Å². The summed E-state index contributed by atoms with van der Waals surface area (Å²) in [5.41, 5.74) is 16.0. The fourth-order valence-corrected chi connectivity index (χ4v) is 4.97. The number of nitrogens with zero attached hydrogens (tertiary/aromatic N) is 2. The van der Waals surface area contributed by atoms with Crippen molar-refractivity contribution in [3.05, 3.63) is 18.7 Å². The van der Waals surface area contributed by atoms with E-state index in [0.717, 1.165) is 0 Å². The summed E-state index contributed by atoms with van der Waals surface area (Å²) >= 11 is 0. The summed E-state index contributed by atoms with van der Waals surface area (Å²) in [5.74, 6) is 0. The lowest BCUT2D eigenvalue weighted by molar-refractivity contribution is -0.375. The molecule has 18 heteroatoms.